The maximum atomic E-state index is 10.3. The maximum Gasteiger partial charge on any atom is 0.161 e. The van der Waals surface area contributed by atoms with Crippen LogP contribution in [0.25, 0.3) is 0 Å². The zero-order chi connectivity index (χ0) is 9.31. The van der Waals surface area contributed by atoms with Gasteiger partial charge < -0.3 is 9.84 Å². The van der Waals surface area contributed by atoms with Gasteiger partial charge in [0.2, 0.25) is 0 Å². The fraction of sp³-hybridized carbons (Fsp3) is 1.00. The summed E-state index contributed by atoms with van der Waals surface area (Å²) in [5.74, 6) is 0.268. The van der Waals surface area contributed by atoms with Gasteiger partial charge in [-0.25, -0.2) is 0 Å². The summed E-state index contributed by atoms with van der Waals surface area (Å²) >= 11 is 0. The van der Waals surface area contributed by atoms with Crippen LogP contribution in [0.15, 0.2) is 0 Å². The number of aliphatic hydroxyl groups is 1. The lowest BCUT2D eigenvalue weighted by Crippen LogP contribution is -2.41. The average molecular weight is 182 g/mol. The highest BCUT2D eigenvalue weighted by Crippen LogP contribution is 2.41. The normalized spacial score (nSPS) is 46.0. The molecule has 1 saturated heterocycles. The Balaban J connectivity index is 2.07. The van der Waals surface area contributed by atoms with Crippen LogP contribution in [0.3, 0.4) is 0 Å². The van der Waals surface area contributed by atoms with E-state index in [0.29, 0.717) is 11.7 Å². The summed E-state index contributed by atoms with van der Waals surface area (Å²) in [7, 11) is 1.15. The van der Waals surface area contributed by atoms with Crippen LogP contribution in [0.5, 0.6) is 0 Å². The molecule has 2 rings (SSSR count). The summed E-state index contributed by atoms with van der Waals surface area (Å²) in [4.78, 5) is 0. The Morgan fingerprint density at radius 3 is 3.15 bits per heavy atom. The molecule has 0 aromatic carbocycles. The van der Waals surface area contributed by atoms with E-state index in [4.69, 9.17) is 4.74 Å². The maximum absolute atomic E-state index is 10.3. The summed E-state index contributed by atoms with van der Waals surface area (Å²) < 4.78 is 5.66. The van der Waals surface area contributed by atoms with Crippen LogP contribution in [-0.4, -0.2) is 24.8 Å². The summed E-state index contributed by atoms with van der Waals surface area (Å²) in [5, 5.41) is 10.3. The minimum Gasteiger partial charge on any atom is -0.366 e. The molecule has 74 valence electrons. The first-order valence-electron chi connectivity index (χ1n) is 5.57. The molecule has 3 unspecified atom stereocenters. The lowest BCUT2D eigenvalue weighted by molar-refractivity contribution is -0.221. The number of ether oxygens (including phenoxy) is 1. The highest BCUT2D eigenvalue weighted by molar-refractivity contribution is 6.38. The van der Waals surface area contributed by atoms with Gasteiger partial charge in [-0.2, -0.15) is 0 Å². The van der Waals surface area contributed by atoms with Gasteiger partial charge in [0.1, 0.15) is 7.28 Å². The van der Waals surface area contributed by atoms with Crippen molar-refractivity contribution in [2.24, 2.45) is 5.92 Å². The minimum atomic E-state index is -0.761. The summed E-state index contributed by atoms with van der Waals surface area (Å²) in [6, 6.07) is 0. The second kappa shape index (κ2) is 3.62. The summed E-state index contributed by atoms with van der Waals surface area (Å²) in [6.07, 6.45) is 5.62. The molecule has 1 N–H and O–H groups in total. The lowest BCUT2D eigenvalue weighted by atomic mass is 9.53. The monoisotopic (exact) mass is 182 g/mol. The molecule has 0 spiro atoms. The van der Waals surface area contributed by atoms with Gasteiger partial charge in [-0.1, -0.05) is 26.1 Å². The Bertz CT molecular complexity index is 186. The van der Waals surface area contributed by atoms with Crippen molar-refractivity contribution in [2.45, 2.75) is 50.5 Å². The summed E-state index contributed by atoms with van der Waals surface area (Å²) in [5.41, 5.74) is 0. The van der Waals surface area contributed by atoms with Crippen molar-refractivity contribution in [3.05, 3.63) is 0 Å². The molecule has 1 aliphatic carbocycles. The molecule has 2 nitrogen and oxygen atoms in total. The Morgan fingerprint density at radius 2 is 2.31 bits per heavy atom. The molecular weight excluding hydrogens is 163 g/mol. The minimum absolute atomic E-state index is 0.409. The first-order chi connectivity index (χ1) is 6.21. The van der Waals surface area contributed by atoms with Gasteiger partial charge in [-0.05, 0) is 18.2 Å². The SMILES string of the molecule is CC1CBC2CCCCC2(O)OC1. The standard InChI is InChI=1S/C10H19BO2/c1-8-6-11-9-4-2-3-5-10(9,12)13-7-8/h8-9,11-12H,2-7H2,1H3. The van der Waals surface area contributed by atoms with Crippen molar-refractivity contribution in [1.82, 2.24) is 0 Å². The quantitative estimate of drug-likeness (QED) is 0.576. The largest absolute Gasteiger partial charge is 0.366 e. The molecule has 0 aromatic heterocycles. The number of fused-ring (bicyclic) bond motifs is 1. The van der Waals surface area contributed by atoms with E-state index in [9.17, 15) is 5.11 Å². The van der Waals surface area contributed by atoms with E-state index < -0.39 is 5.79 Å². The fourth-order valence-corrected chi connectivity index (χ4v) is 2.61. The predicted octanol–water partition coefficient (Wildman–Crippen LogP) is 1.56. The summed E-state index contributed by atoms with van der Waals surface area (Å²) in [6.45, 7) is 2.95. The van der Waals surface area contributed by atoms with Crippen LogP contribution in [-0.2, 0) is 4.74 Å². The predicted molar refractivity (Wildman–Crippen MR) is 54.2 cm³/mol. The van der Waals surface area contributed by atoms with E-state index in [1.165, 1.54) is 12.7 Å². The van der Waals surface area contributed by atoms with E-state index in [1.54, 1.807) is 0 Å². The molecule has 1 heterocycles. The Labute approximate surface area is 80.9 Å². The van der Waals surface area contributed by atoms with Gasteiger partial charge in [0.25, 0.3) is 0 Å². The number of hydrogen-bond acceptors (Lipinski definition) is 2. The molecule has 3 atom stereocenters. The van der Waals surface area contributed by atoms with Crippen molar-refractivity contribution >= 4 is 7.28 Å². The van der Waals surface area contributed by atoms with E-state index in [2.05, 4.69) is 6.92 Å². The Morgan fingerprint density at radius 1 is 1.46 bits per heavy atom. The van der Waals surface area contributed by atoms with Crippen LogP contribution in [0.1, 0.15) is 32.6 Å². The fourth-order valence-electron chi connectivity index (χ4n) is 2.61. The Kier molecular flexibility index (Phi) is 2.66. The van der Waals surface area contributed by atoms with Gasteiger partial charge in [0.15, 0.2) is 5.79 Å². The highest BCUT2D eigenvalue weighted by atomic mass is 16.6. The van der Waals surface area contributed by atoms with Crippen LogP contribution >= 0.6 is 0 Å². The third kappa shape index (κ3) is 1.91. The van der Waals surface area contributed by atoms with Gasteiger partial charge in [0, 0.05) is 6.42 Å². The first-order valence-corrected chi connectivity index (χ1v) is 5.57. The van der Waals surface area contributed by atoms with E-state index in [-0.39, 0.29) is 0 Å². The van der Waals surface area contributed by atoms with Crippen molar-refractivity contribution < 1.29 is 9.84 Å². The molecular formula is C10H19BO2. The van der Waals surface area contributed by atoms with Crippen molar-refractivity contribution in [2.75, 3.05) is 6.61 Å². The molecule has 2 aliphatic rings. The molecule has 3 heteroatoms. The van der Waals surface area contributed by atoms with Gasteiger partial charge >= 0.3 is 0 Å². The molecule has 0 radical (unpaired) electrons. The van der Waals surface area contributed by atoms with E-state index in [1.807, 2.05) is 0 Å². The second-order valence-corrected chi connectivity index (χ2v) is 4.78. The third-order valence-corrected chi connectivity index (χ3v) is 3.60. The van der Waals surface area contributed by atoms with E-state index in [0.717, 1.165) is 33.1 Å². The van der Waals surface area contributed by atoms with Crippen molar-refractivity contribution in [3.63, 3.8) is 0 Å². The van der Waals surface area contributed by atoms with Gasteiger partial charge in [0.05, 0.1) is 6.61 Å². The third-order valence-electron chi connectivity index (χ3n) is 3.60. The molecule has 13 heavy (non-hydrogen) atoms. The van der Waals surface area contributed by atoms with Crippen molar-refractivity contribution in [1.29, 1.82) is 0 Å². The highest BCUT2D eigenvalue weighted by Gasteiger charge is 2.41. The second-order valence-electron chi connectivity index (χ2n) is 4.78. The number of rotatable bonds is 0. The van der Waals surface area contributed by atoms with Crippen LogP contribution < -0.4 is 0 Å². The van der Waals surface area contributed by atoms with E-state index >= 15 is 0 Å². The first kappa shape index (κ1) is 9.54. The van der Waals surface area contributed by atoms with Gasteiger partial charge in [-0.3, -0.25) is 0 Å². The zero-order valence-corrected chi connectivity index (χ0v) is 8.46. The molecule has 1 aliphatic heterocycles. The van der Waals surface area contributed by atoms with Crippen molar-refractivity contribution in [3.8, 4) is 0 Å². The topological polar surface area (TPSA) is 29.5 Å². The average Bonchev–Trinajstić information content (AvgIpc) is 2.27. The zero-order valence-electron chi connectivity index (χ0n) is 8.46. The number of hydrogen-bond donors (Lipinski definition) is 1. The van der Waals surface area contributed by atoms with Gasteiger partial charge in [-0.15, -0.1) is 0 Å². The van der Waals surface area contributed by atoms with Crippen LogP contribution in [0, 0.1) is 5.92 Å². The lowest BCUT2D eigenvalue weighted by Gasteiger charge is -2.38. The van der Waals surface area contributed by atoms with Crippen LogP contribution in [0.2, 0.25) is 12.1 Å². The molecule has 1 saturated carbocycles. The molecule has 0 bridgehead atoms. The molecule has 2 fully saturated rings. The van der Waals surface area contributed by atoms with Crippen LogP contribution in [0.4, 0.5) is 0 Å². The smallest absolute Gasteiger partial charge is 0.161 e. The molecule has 0 amide bonds. The molecule has 0 aromatic rings. The Hall–Kier alpha value is -0.0151.